The van der Waals surface area contributed by atoms with E-state index in [2.05, 4.69) is 16.3 Å². The third kappa shape index (κ3) is 1.24. The topological polar surface area (TPSA) is 39.9 Å². The second-order valence-electron chi connectivity index (χ2n) is 2.65. The van der Waals surface area contributed by atoms with Crippen LogP contribution in [0.3, 0.4) is 0 Å². The highest BCUT2D eigenvalue weighted by Crippen LogP contribution is 2.14. The fourth-order valence-corrected chi connectivity index (χ4v) is 1.21. The van der Waals surface area contributed by atoms with Gasteiger partial charge in [-0.1, -0.05) is 0 Å². The smallest absolute Gasteiger partial charge is 0.215 e. The van der Waals surface area contributed by atoms with E-state index in [-0.39, 0.29) is 0 Å². The molecule has 2 heterocycles. The number of hydrogen-bond donors (Lipinski definition) is 0. The molecule has 13 heavy (non-hydrogen) atoms. The molecule has 0 atom stereocenters. The number of methoxy groups -OCH3 is 1. The summed E-state index contributed by atoms with van der Waals surface area (Å²) in [5.74, 6) is 0.608. The van der Waals surface area contributed by atoms with Crippen LogP contribution in [-0.2, 0) is 6.54 Å². The van der Waals surface area contributed by atoms with E-state index in [4.69, 9.17) is 4.74 Å². The zero-order valence-corrected chi connectivity index (χ0v) is 7.61. The standard InChI is InChI=1S/C9H10N3O/c1-3-12-6-10-7-4-5-8(13-2)11-9(7)12/h4-5H,3H2,1-2H3. The summed E-state index contributed by atoms with van der Waals surface area (Å²) in [7, 11) is 1.60. The summed E-state index contributed by atoms with van der Waals surface area (Å²) in [6, 6.07) is 3.67. The second-order valence-corrected chi connectivity index (χ2v) is 2.65. The summed E-state index contributed by atoms with van der Waals surface area (Å²) in [5.41, 5.74) is 1.67. The maximum atomic E-state index is 5.03. The van der Waals surface area contributed by atoms with Gasteiger partial charge in [0, 0.05) is 12.6 Å². The van der Waals surface area contributed by atoms with Gasteiger partial charge in [-0.2, -0.15) is 4.98 Å². The van der Waals surface area contributed by atoms with Crippen molar-refractivity contribution in [1.82, 2.24) is 14.5 Å². The fraction of sp³-hybridized carbons (Fsp3) is 0.333. The predicted octanol–water partition coefficient (Wildman–Crippen LogP) is 1.26. The molecule has 1 radical (unpaired) electrons. The SMILES string of the molecule is CCn1[c]nc2ccc(OC)nc21. The molecule has 0 fully saturated rings. The molecule has 4 nitrogen and oxygen atoms in total. The van der Waals surface area contributed by atoms with E-state index in [0.717, 1.165) is 17.7 Å². The van der Waals surface area contributed by atoms with Crippen LogP contribution in [0, 0.1) is 6.33 Å². The van der Waals surface area contributed by atoms with Crippen molar-refractivity contribution in [3.63, 3.8) is 0 Å². The Morgan fingerprint density at radius 1 is 1.54 bits per heavy atom. The van der Waals surface area contributed by atoms with Crippen molar-refractivity contribution < 1.29 is 4.74 Å². The van der Waals surface area contributed by atoms with Crippen LogP contribution in [0.2, 0.25) is 0 Å². The molecule has 0 saturated carbocycles. The van der Waals surface area contributed by atoms with E-state index in [9.17, 15) is 0 Å². The number of hydrogen-bond acceptors (Lipinski definition) is 3. The molecule has 0 saturated heterocycles. The molecule has 4 heteroatoms. The quantitative estimate of drug-likeness (QED) is 0.691. The van der Waals surface area contributed by atoms with Gasteiger partial charge >= 0.3 is 0 Å². The summed E-state index contributed by atoms with van der Waals surface area (Å²) in [5, 5.41) is 0. The van der Waals surface area contributed by atoms with Crippen LogP contribution < -0.4 is 4.74 Å². The average Bonchev–Trinajstić information content (AvgIpc) is 2.59. The van der Waals surface area contributed by atoms with Crippen molar-refractivity contribution in [1.29, 1.82) is 0 Å². The highest BCUT2D eigenvalue weighted by Gasteiger charge is 2.03. The Morgan fingerprint density at radius 2 is 2.38 bits per heavy atom. The monoisotopic (exact) mass is 176 g/mol. The average molecular weight is 176 g/mol. The maximum absolute atomic E-state index is 5.03. The van der Waals surface area contributed by atoms with Gasteiger partial charge in [0.25, 0.3) is 0 Å². The van der Waals surface area contributed by atoms with Gasteiger partial charge in [-0.3, -0.25) is 0 Å². The Hall–Kier alpha value is -1.58. The van der Waals surface area contributed by atoms with Gasteiger partial charge in [0.15, 0.2) is 12.0 Å². The van der Waals surface area contributed by atoms with Crippen LogP contribution in [0.25, 0.3) is 11.2 Å². The Bertz CT molecular complexity index is 422. The van der Waals surface area contributed by atoms with E-state index >= 15 is 0 Å². The van der Waals surface area contributed by atoms with E-state index in [0.29, 0.717) is 5.88 Å². The number of rotatable bonds is 2. The zero-order valence-electron chi connectivity index (χ0n) is 7.61. The lowest BCUT2D eigenvalue weighted by molar-refractivity contribution is 0.399. The minimum absolute atomic E-state index is 0.608. The molecule has 0 aliphatic rings. The molecule has 0 aromatic carbocycles. The number of imidazole rings is 1. The van der Waals surface area contributed by atoms with Gasteiger partial charge in [0.05, 0.1) is 7.11 Å². The summed E-state index contributed by atoms with van der Waals surface area (Å²) < 4.78 is 6.88. The van der Waals surface area contributed by atoms with E-state index in [1.54, 1.807) is 13.2 Å². The lowest BCUT2D eigenvalue weighted by atomic mass is 10.4. The normalized spacial score (nSPS) is 10.6. The van der Waals surface area contributed by atoms with E-state index < -0.39 is 0 Å². The number of pyridine rings is 1. The molecular weight excluding hydrogens is 166 g/mol. The molecule has 0 spiro atoms. The zero-order chi connectivity index (χ0) is 9.26. The molecule has 0 unspecified atom stereocenters. The molecule has 0 N–H and O–H groups in total. The number of nitrogens with zero attached hydrogens (tertiary/aromatic N) is 3. The van der Waals surface area contributed by atoms with Crippen molar-refractivity contribution in [2.75, 3.05) is 7.11 Å². The van der Waals surface area contributed by atoms with Gasteiger partial charge in [-0.05, 0) is 13.0 Å². The Balaban J connectivity index is 2.64. The number of aromatic nitrogens is 3. The van der Waals surface area contributed by atoms with Crippen molar-refractivity contribution in [3.05, 3.63) is 18.5 Å². The first-order valence-corrected chi connectivity index (χ1v) is 4.14. The van der Waals surface area contributed by atoms with Crippen LogP contribution in [-0.4, -0.2) is 21.6 Å². The predicted molar refractivity (Wildman–Crippen MR) is 48.6 cm³/mol. The Labute approximate surface area is 76.2 Å². The van der Waals surface area contributed by atoms with Crippen LogP contribution >= 0.6 is 0 Å². The Morgan fingerprint density at radius 3 is 3.08 bits per heavy atom. The highest BCUT2D eigenvalue weighted by atomic mass is 16.5. The minimum Gasteiger partial charge on any atom is -0.481 e. The van der Waals surface area contributed by atoms with E-state index in [1.807, 2.05) is 17.6 Å². The minimum atomic E-state index is 0.608. The summed E-state index contributed by atoms with van der Waals surface area (Å²) in [6.45, 7) is 2.84. The molecular formula is C9H10N3O. The van der Waals surface area contributed by atoms with Gasteiger partial charge in [-0.15, -0.1) is 0 Å². The van der Waals surface area contributed by atoms with Crippen molar-refractivity contribution in [3.8, 4) is 5.88 Å². The first-order valence-electron chi connectivity index (χ1n) is 4.14. The van der Waals surface area contributed by atoms with Gasteiger partial charge < -0.3 is 9.30 Å². The van der Waals surface area contributed by atoms with E-state index in [1.165, 1.54) is 0 Å². The van der Waals surface area contributed by atoms with Crippen LogP contribution in [0.5, 0.6) is 5.88 Å². The van der Waals surface area contributed by atoms with Gasteiger partial charge in [-0.25, -0.2) is 4.98 Å². The third-order valence-electron chi connectivity index (χ3n) is 1.90. The first kappa shape index (κ1) is 8.04. The molecule has 0 aliphatic heterocycles. The number of aryl methyl sites for hydroxylation is 1. The molecule has 2 rings (SSSR count). The summed E-state index contributed by atoms with van der Waals surface area (Å²) in [4.78, 5) is 8.36. The first-order chi connectivity index (χ1) is 6.35. The van der Waals surface area contributed by atoms with Crippen LogP contribution in [0.15, 0.2) is 12.1 Å². The lowest BCUT2D eigenvalue weighted by Gasteiger charge is -1.99. The second kappa shape index (κ2) is 3.05. The van der Waals surface area contributed by atoms with Crippen LogP contribution in [0.1, 0.15) is 6.92 Å². The number of ether oxygens (including phenoxy) is 1. The molecule has 0 aliphatic carbocycles. The third-order valence-corrected chi connectivity index (χ3v) is 1.90. The highest BCUT2D eigenvalue weighted by molar-refractivity contribution is 5.71. The van der Waals surface area contributed by atoms with Crippen LogP contribution in [0.4, 0.5) is 0 Å². The molecule has 0 amide bonds. The molecule has 67 valence electrons. The Kier molecular flexibility index (Phi) is 1.88. The molecule has 0 bridgehead atoms. The van der Waals surface area contributed by atoms with Crippen molar-refractivity contribution >= 4 is 11.2 Å². The maximum Gasteiger partial charge on any atom is 0.215 e. The molecule has 2 aromatic rings. The van der Waals surface area contributed by atoms with Crippen molar-refractivity contribution in [2.45, 2.75) is 13.5 Å². The lowest BCUT2D eigenvalue weighted by Crippen LogP contribution is -1.95. The number of fused-ring (bicyclic) bond motifs is 1. The summed E-state index contributed by atoms with van der Waals surface area (Å²) >= 11 is 0. The van der Waals surface area contributed by atoms with Crippen molar-refractivity contribution in [2.24, 2.45) is 0 Å². The van der Waals surface area contributed by atoms with Gasteiger partial charge in [0.2, 0.25) is 5.88 Å². The fourth-order valence-electron chi connectivity index (χ4n) is 1.21. The largest absolute Gasteiger partial charge is 0.481 e. The van der Waals surface area contributed by atoms with Gasteiger partial charge in [0.1, 0.15) is 5.52 Å². The molecule has 2 aromatic heterocycles. The summed E-state index contributed by atoms with van der Waals surface area (Å²) in [6.07, 6.45) is 2.86.